The first-order chi connectivity index (χ1) is 10.2. The van der Waals surface area contributed by atoms with Crippen LogP contribution in [-0.4, -0.2) is 31.6 Å². The topological polar surface area (TPSA) is 6.48 Å². The van der Waals surface area contributed by atoms with Crippen molar-refractivity contribution in [2.45, 2.75) is 25.8 Å². The number of benzene rings is 2. The zero-order chi connectivity index (χ0) is 14.8. The molecule has 0 spiro atoms. The van der Waals surface area contributed by atoms with Crippen LogP contribution >= 0.6 is 12.4 Å². The van der Waals surface area contributed by atoms with Crippen molar-refractivity contribution in [2.75, 3.05) is 25.5 Å². The summed E-state index contributed by atoms with van der Waals surface area (Å²) in [6.45, 7) is 3.36. The van der Waals surface area contributed by atoms with Gasteiger partial charge in [-0.05, 0) is 57.1 Å². The number of para-hydroxylation sites is 2. The van der Waals surface area contributed by atoms with E-state index in [0.29, 0.717) is 6.04 Å². The van der Waals surface area contributed by atoms with E-state index in [0.717, 1.165) is 19.4 Å². The Morgan fingerprint density at radius 1 is 0.909 bits per heavy atom. The molecule has 2 nitrogen and oxygen atoms in total. The van der Waals surface area contributed by atoms with Gasteiger partial charge >= 0.3 is 0 Å². The molecule has 0 amide bonds. The number of nitrogens with zero attached hydrogens (tertiary/aromatic N) is 2. The van der Waals surface area contributed by atoms with Gasteiger partial charge in [0.2, 0.25) is 0 Å². The van der Waals surface area contributed by atoms with E-state index in [-0.39, 0.29) is 12.4 Å². The van der Waals surface area contributed by atoms with E-state index in [2.05, 4.69) is 79.3 Å². The van der Waals surface area contributed by atoms with E-state index >= 15 is 0 Å². The predicted molar refractivity (Wildman–Crippen MR) is 97.7 cm³/mol. The molecule has 0 fully saturated rings. The molecular formula is C19H25ClN2. The first-order valence-electron chi connectivity index (χ1n) is 7.76. The summed E-state index contributed by atoms with van der Waals surface area (Å²) in [4.78, 5) is 4.79. The maximum Gasteiger partial charge on any atom is 0.0446 e. The Hall–Kier alpha value is -1.51. The molecular weight excluding hydrogens is 292 g/mol. The standard InChI is InChI=1S/C19H24N2.ClH/c1-15(14-20(2)3)21-18-10-6-4-8-16(18)12-13-17-9-5-7-11-19(17)21;/h4-11,15H,12-14H2,1-3H3;1H. The molecule has 1 heterocycles. The molecule has 0 bridgehead atoms. The molecule has 0 saturated heterocycles. The third kappa shape index (κ3) is 3.29. The van der Waals surface area contributed by atoms with Crippen molar-refractivity contribution in [3.05, 3.63) is 59.7 Å². The van der Waals surface area contributed by atoms with Crippen LogP contribution in [0.3, 0.4) is 0 Å². The molecule has 3 heteroatoms. The van der Waals surface area contributed by atoms with Crippen molar-refractivity contribution in [2.24, 2.45) is 0 Å². The quantitative estimate of drug-likeness (QED) is 0.833. The summed E-state index contributed by atoms with van der Waals surface area (Å²) >= 11 is 0. The summed E-state index contributed by atoms with van der Waals surface area (Å²) in [6, 6.07) is 18.2. The van der Waals surface area contributed by atoms with Gasteiger partial charge in [-0.15, -0.1) is 12.4 Å². The molecule has 2 aromatic carbocycles. The van der Waals surface area contributed by atoms with E-state index in [1.54, 1.807) is 0 Å². The lowest BCUT2D eigenvalue weighted by molar-refractivity contribution is 0.380. The number of halogens is 1. The second-order valence-electron chi connectivity index (χ2n) is 6.24. The molecule has 3 rings (SSSR count). The molecule has 2 aromatic rings. The SMILES string of the molecule is CC(CN(C)C)N1c2ccccc2CCc2ccccc21.Cl. The van der Waals surface area contributed by atoms with Gasteiger partial charge in [-0.2, -0.15) is 0 Å². The number of likely N-dealkylation sites (N-methyl/N-ethyl adjacent to an activating group) is 1. The average Bonchev–Trinajstić information content (AvgIpc) is 2.63. The zero-order valence-electron chi connectivity index (χ0n) is 13.6. The summed E-state index contributed by atoms with van der Waals surface area (Å²) in [5, 5.41) is 0. The van der Waals surface area contributed by atoms with Gasteiger partial charge in [0, 0.05) is 24.0 Å². The maximum atomic E-state index is 2.53. The van der Waals surface area contributed by atoms with Crippen molar-refractivity contribution >= 4 is 23.8 Å². The van der Waals surface area contributed by atoms with Crippen LogP contribution in [-0.2, 0) is 12.8 Å². The average molecular weight is 317 g/mol. The monoisotopic (exact) mass is 316 g/mol. The molecule has 22 heavy (non-hydrogen) atoms. The van der Waals surface area contributed by atoms with Crippen molar-refractivity contribution in [1.29, 1.82) is 0 Å². The minimum atomic E-state index is 0. The Bertz CT molecular complexity index is 577. The molecule has 0 aromatic heterocycles. The van der Waals surface area contributed by atoms with E-state index < -0.39 is 0 Å². The van der Waals surface area contributed by atoms with Gasteiger partial charge in [-0.25, -0.2) is 0 Å². The smallest absolute Gasteiger partial charge is 0.0446 e. The summed E-state index contributed by atoms with van der Waals surface area (Å²) in [7, 11) is 4.29. The number of anilines is 2. The second kappa shape index (κ2) is 7.17. The molecule has 1 unspecified atom stereocenters. The Morgan fingerprint density at radius 2 is 1.36 bits per heavy atom. The minimum Gasteiger partial charge on any atom is -0.337 e. The summed E-state index contributed by atoms with van der Waals surface area (Å²) in [5.74, 6) is 0. The van der Waals surface area contributed by atoms with Gasteiger partial charge in [0.15, 0.2) is 0 Å². The van der Waals surface area contributed by atoms with Crippen molar-refractivity contribution < 1.29 is 0 Å². The molecule has 1 aliphatic heterocycles. The summed E-state index contributed by atoms with van der Waals surface area (Å²) < 4.78 is 0. The fourth-order valence-corrected chi connectivity index (χ4v) is 3.40. The first-order valence-corrected chi connectivity index (χ1v) is 7.76. The normalized spacial score (nSPS) is 14.6. The van der Waals surface area contributed by atoms with Gasteiger partial charge in [0.05, 0.1) is 0 Å². The van der Waals surface area contributed by atoms with Crippen LogP contribution in [0, 0.1) is 0 Å². The van der Waals surface area contributed by atoms with Crippen LogP contribution in [0.25, 0.3) is 0 Å². The fourth-order valence-electron chi connectivity index (χ4n) is 3.40. The number of hydrogen-bond donors (Lipinski definition) is 0. The Kier molecular flexibility index (Phi) is 5.49. The highest BCUT2D eigenvalue weighted by molar-refractivity contribution is 5.85. The highest BCUT2D eigenvalue weighted by atomic mass is 35.5. The highest BCUT2D eigenvalue weighted by Gasteiger charge is 2.24. The van der Waals surface area contributed by atoms with Gasteiger partial charge in [0.1, 0.15) is 0 Å². The Labute approximate surface area is 140 Å². The fraction of sp³-hybridized carbons (Fsp3) is 0.368. The lowest BCUT2D eigenvalue weighted by Crippen LogP contribution is -2.37. The minimum absolute atomic E-state index is 0. The molecule has 1 aliphatic rings. The number of aryl methyl sites for hydroxylation is 2. The third-order valence-electron chi connectivity index (χ3n) is 4.24. The van der Waals surface area contributed by atoms with Crippen LogP contribution in [0.5, 0.6) is 0 Å². The molecule has 0 radical (unpaired) electrons. The van der Waals surface area contributed by atoms with Crippen LogP contribution < -0.4 is 4.90 Å². The van der Waals surface area contributed by atoms with Gasteiger partial charge < -0.3 is 9.80 Å². The Balaban J connectivity index is 0.00000176. The largest absolute Gasteiger partial charge is 0.337 e. The van der Waals surface area contributed by atoms with Crippen LogP contribution in [0.15, 0.2) is 48.5 Å². The van der Waals surface area contributed by atoms with E-state index in [1.807, 2.05) is 0 Å². The second-order valence-corrected chi connectivity index (χ2v) is 6.24. The zero-order valence-corrected chi connectivity index (χ0v) is 14.4. The summed E-state index contributed by atoms with van der Waals surface area (Å²) in [5.41, 5.74) is 5.66. The molecule has 0 saturated carbocycles. The van der Waals surface area contributed by atoms with Crippen molar-refractivity contribution in [3.63, 3.8) is 0 Å². The summed E-state index contributed by atoms with van der Waals surface area (Å²) in [6.07, 6.45) is 2.25. The molecule has 0 aliphatic carbocycles. The van der Waals surface area contributed by atoms with E-state index in [4.69, 9.17) is 0 Å². The van der Waals surface area contributed by atoms with Gasteiger partial charge in [0.25, 0.3) is 0 Å². The van der Waals surface area contributed by atoms with Crippen LogP contribution in [0.1, 0.15) is 18.1 Å². The highest BCUT2D eigenvalue weighted by Crippen LogP contribution is 2.37. The number of rotatable bonds is 3. The number of fused-ring (bicyclic) bond motifs is 2. The van der Waals surface area contributed by atoms with E-state index in [9.17, 15) is 0 Å². The Morgan fingerprint density at radius 3 is 1.82 bits per heavy atom. The van der Waals surface area contributed by atoms with Gasteiger partial charge in [-0.3, -0.25) is 0 Å². The third-order valence-corrected chi connectivity index (χ3v) is 4.24. The van der Waals surface area contributed by atoms with Crippen molar-refractivity contribution in [1.82, 2.24) is 4.90 Å². The molecule has 118 valence electrons. The van der Waals surface area contributed by atoms with Crippen LogP contribution in [0.2, 0.25) is 0 Å². The lowest BCUT2D eigenvalue weighted by Gasteiger charge is -2.34. The predicted octanol–water partition coefficient (Wildman–Crippen LogP) is 4.30. The lowest BCUT2D eigenvalue weighted by atomic mass is 10.0. The van der Waals surface area contributed by atoms with Crippen molar-refractivity contribution in [3.8, 4) is 0 Å². The molecule has 1 atom stereocenters. The molecule has 0 N–H and O–H groups in total. The van der Waals surface area contributed by atoms with E-state index in [1.165, 1.54) is 22.5 Å². The van der Waals surface area contributed by atoms with Crippen LogP contribution in [0.4, 0.5) is 11.4 Å². The van der Waals surface area contributed by atoms with Gasteiger partial charge in [-0.1, -0.05) is 36.4 Å². The first kappa shape index (κ1) is 16.9. The maximum absolute atomic E-state index is 2.53. The number of hydrogen-bond acceptors (Lipinski definition) is 2.